The second kappa shape index (κ2) is 5.33. The molecule has 0 N–H and O–H groups in total. The molecule has 0 fully saturated rings. The minimum atomic E-state index is -0.147. The van der Waals surface area contributed by atoms with Crippen molar-refractivity contribution in [3.05, 3.63) is 29.3 Å². The van der Waals surface area contributed by atoms with E-state index < -0.39 is 0 Å². The van der Waals surface area contributed by atoms with Crippen LogP contribution in [-0.4, -0.2) is 10.6 Å². The first-order chi connectivity index (χ1) is 6.56. The van der Waals surface area contributed by atoms with Crippen LogP contribution in [0.4, 0.5) is 0 Å². The Labute approximate surface area is 106 Å². The number of Topliss-reactive ketones (excluding diaryl/α,β-unsaturated/α-hetero) is 1. The Morgan fingerprint density at radius 2 is 2.21 bits per heavy atom. The summed E-state index contributed by atoms with van der Waals surface area (Å²) in [7, 11) is 0. The zero-order valence-electron chi connectivity index (χ0n) is 7.63. The van der Waals surface area contributed by atoms with E-state index in [0.29, 0.717) is 5.33 Å². The van der Waals surface area contributed by atoms with Gasteiger partial charge in [0.25, 0.3) is 0 Å². The fraction of sp³-hybridized carbons (Fsp3) is 0.300. The Morgan fingerprint density at radius 3 is 2.71 bits per heavy atom. The van der Waals surface area contributed by atoms with Crippen molar-refractivity contribution in [3.63, 3.8) is 0 Å². The van der Waals surface area contributed by atoms with Crippen LogP contribution < -0.4 is 0 Å². The van der Waals surface area contributed by atoms with Crippen molar-refractivity contribution in [2.45, 2.75) is 22.0 Å². The summed E-state index contributed by atoms with van der Waals surface area (Å²) in [6, 6.07) is 5.55. The summed E-state index contributed by atoms with van der Waals surface area (Å²) in [6.45, 7) is 1.83. The van der Waals surface area contributed by atoms with Gasteiger partial charge in [0.15, 0.2) is 5.78 Å². The molecule has 0 radical (unpaired) electrons. The van der Waals surface area contributed by atoms with Gasteiger partial charge in [0, 0.05) is 15.8 Å². The number of rotatable bonds is 3. The maximum Gasteiger partial charge on any atom is 0.176 e. The number of halogens is 2. The quantitative estimate of drug-likeness (QED) is 0.504. The first-order valence-corrected chi connectivity index (χ1v) is 6.61. The van der Waals surface area contributed by atoms with E-state index in [1.165, 1.54) is 0 Å². The largest absolute Gasteiger partial charge is 0.293 e. The van der Waals surface area contributed by atoms with Gasteiger partial charge in [-0.2, -0.15) is 0 Å². The van der Waals surface area contributed by atoms with E-state index >= 15 is 0 Å². The third-order valence-electron chi connectivity index (χ3n) is 1.86. The van der Waals surface area contributed by atoms with Crippen LogP contribution in [0.3, 0.4) is 0 Å². The Bertz CT molecular complexity index is 350. The van der Waals surface area contributed by atoms with Crippen LogP contribution >= 0.6 is 44.5 Å². The molecule has 76 valence electrons. The molecule has 1 unspecified atom stereocenters. The van der Waals surface area contributed by atoms with Crippen molar-refractivity contribution in [2.24, 2.45) is 0 Å². The van der Waals surface area contributed by atoms with Crippen LogP contribution in [0, 0.1) is 0 Å². The normalized spacial score (nSPS) is 12.6. The number of alkyl halides is 2. The summed E-state index contributed by atoms with van der Waals surface area (Å²) in [5, 5.41) is 0.669. The van der Waals surface area contributed by atoms with Gasteiger partial charge < -0.3 is 0 Å². The summed E-state index contributed by atoms with van der Waals surface area (Å²) < 4.78 is 0. The highest BCUT2D eigenvalue weighted by molar-refractivity contribution is 9.10. The van der Waals surface area contributed by atoms with Gasteiger partial charge >= 0.3 is 0 Å². The zero-order valence-corrected chi connectivity index (χ0v) is 11.7. The average Bonchev–Trinajstić information content (AvgIpc) is 2.16. The second-order valence-electron chi connectivity index (χ2n) is 2.96. The van der Waals surface area contributed by atoms with Gasteiger partial charge in [-0.3, -0.25) is 4.79 Å². The molecule has 0 saturated carbocycles. The molecule has 0 spiro atoms. The molecule has 1 rings (SSSR count). The number of thiol groups is 1. The van der Waals surface area contributed by atoms with Gasteiger partial charge in [-0.15, -0.1) is 12.6 Å². The molecule has 1 nitrogen and oxygen atoms in total. The third kappa shape index (κ3) is 2.84. The van der Waals surface area contributed by atoms with Crippen LogP contribution in [0.1, 0.15) is 22.8 Å². The maximum absolute atomic E-state index is 11.7. The summed E-state index contributed by atoms with van der Waals surface area (Å²) in [5.41, 5.74) is 1.73. The van der Waals surface area contributed by atoms with Crippen LogP contribution in [-0.2, 0) is 5.33 Å². The van der Waals surface area contributed by atoms with Gasteiger partial charge in [0.1, 0.15) is 0 Å². The smallest absolute Gasteiger partial charge is 0.176 e. The maximum atomic E-state index is 11.7. The molecule has 1 aromatic carbocycles. The number of carbonyl (C=O) groups excluding carboxylic acids is 1. The highest BCUT2D eigenvalue weighted by atomic mass is 79.9. The molecule has 0 aliphatic heterocycles. The van der Waals surface area contributed by atoms with Crippen molar-refractivity contribution in [2.75, 3.05) is 0 Å². The molecule has 0 aliphatic rings. The molecule has 0 heterocycles. The summed E-state index contributed by atoms with van der Waals surface area (Å²) >= 11 is 10.9. The van der Waals surface area contributed by atoms with Crippen molar-refractivity contribution < 1.29 is 4.79 Å². The number of hydrogen-bond donors (Lipinski definition) is 1. The minimum absolute atomic E-state index is 0.104. The van der Waals surface area contributed by atoms with Crippen LogP contribution in [0.2, 0.25) is 0 Å². The Balaban J connectivity index is 3.14. The lowest BCUT2D eigenvalue weighted by Crippen LogP contribution is -2.12. The molecule has 0 bridgehead atoms. The molecular weight excluding hydrogens is 328 g/mol. The highest BCUT2D eigenvalue weighted by Gasteiger charge is 2.15. The number of ketones is 1. The van der Waals surface area contributed by atoms with Gasteiger partial charge in [-0.25, -0.2) is 0 Å². The van der Waals surface area contributed by atoms with Gasteiger partial charge in [0.2, 0.25) is 0 Å². The minimum Gasteiger partial charge on any atom is -0.293 e. The van der Waals surface area contributed by atoms with Crippen molar-refractivity contribution in [1.82, 2.24) is 0 Å². The van der Waals surface area contributed by atoms with E-state index in [1.807, 2.05) is 25.1 Å². The average molecular weight is 338 g/mol. The van der Waals surface area contributed by atoms with Crippen LogP contribution in [0.25, 0.3) is 0 Å². The lowest BCUT2D eigenvalue weighted by atomic mass is 10.0. The monoisotopic (exact) mass is 336 g/mol. The lowest BCUT2D eigenvalue weighted by Gasteiger charge is -2.08. The second-order valence-corrected chi connectivity index (χ2v) is 5.41. The first-order valence-electron chi connectivity index (χ1n) is 4.12. The number of carbonyl (C=O) groups is 1. The van der Waals surface area contributed by atoms with Gasteiger partial charge in [0.05, 0.1) is 4.83 Å². The number of hydrogen-bond acceptors (Lipinski definition) is 2. The van der Waals surface area contributed by atoms with Crippen molar-refractivity contribution in [3.8, 4) is 0 Å². The summed E-state index contributed by atoms with van der Waals surface area (Å²) in [4.78, 5) is 12.5. The third-order valence-corrected chi connectivity index (χ3v) is 3.16. The summed E-state index contributed by atoms with van der Waals surface area (Å²) in [5.74, 6) is 0.104. The molecule has 14 heavy (non-hydrogen) atoms. The Kier molecular flexibility index (Phi) is 4.67. The SMILES string of the molecule is CC(Br)C(=O)c1ccc(S)cc1CBr. The molecular formula is C10H10Br2OS. The first kappa shape index (κ1) is 12.3. The molecule has 4 heteroatoms. The van der Waals surface area contributed by atoms with Crippen LogP contribution in [0.5, 0.6) is 0 Å². The zero-order chi connectivity index (χ0) is 10.7. The lowest BCUT2D eigenvalue weighted by molar-refractivity contribution is 0.0995. The fourth-order valence-electron chi connectivity index (χ4n) is 1.15. The predicted octanol–water partition coefficient (Wildman–Crippen LogP) is 3.84. The predicted molar refractivity (Wildman–Crippen MR) is 69.0 cm³/mol. The standard InChI is InChI=1S/C10H10Br2OS/c1-6(12)10(13)9-3-2-8(14)4-7(9)5-11/h2-4,6,14H,5H2,1H3. The van der Waals surface area contributed by atoms with Crippen molar-refractivity contribution in [1.29, 1.82) is 0 Å². The molecule has 0 aromatic heterocycles. The fourth-order valence-corrected chi connectivity index (χ4v) is 2.09. The van der Waals surface area contributed by atoms with Crippen molar-refractivity contribution >= 4 is 50.3 Å². The molecule has 1 atom stereocenters. The molecule has 0 aliphatic carbocycles. The Morgan fingerprint density at radius 1 is 1.57 bits per heavy atom. The van der Waals surface area contributed by atoms with Gasteiger partial charge in [-0.1, -0.05) is 31.9 Å². The molecule has 0 amide bonds. The summed E-state index contributed by atoms with van der Waals surface area (Å²) in [6.07, 6.45) is 0. The van der Waals surface area contributed by atoms with Crippen LogP contribution in [0.15, 0.2) is 23.1 Å². The van der Waals surface area contributed by atoms with Gasteiger partial charge in [-0.05, 0) is 30.7 Å². The Hall–Kier alpha value is 0.200. The topological polar surface area (TPSA) is 17.1 Å². The van der Waals surface area contributed by atoms with E-state index in [1.54, 1.807) is 0 Å². The van der Waals surface area contributed by atoms with E-state index in [-0.39, 0.29) is 10.6 Å². The van der Waals surface area contributed by atoms with E-state index in [9.17, 15) is 4.79 Å². The number of benzene rings is 1. The van der Waals surface area contributed by atoms with E-state index in [0.717, 1.165) is 16.0 Å². The van der Waals surface area contributed by atoms with E-state index in [2.05, 4.69) is 44.5 Å². The highest BCUT2D eigenvalue weighted by Crippen LogP contribution is 2.20. The van der Waals surface area contributed by atoms with E-state index in [4.69, 9.17) is 0 Å². The molecule has 1 aromatic rings. The molecule has 0 saturated heterocycles.